The van der Waals surface area contributed by atoms with Crippen LogP contribution in [0.25, 0.3) is 0 Å². The van der Waals surface area contributed by atoms with Crippen LogP contribution in [-0.4, -0.2) is 36.3 Å². The van der Waals surface area contributed by atoms with Crippen LogP contribution < -0.4 is 10.2 Å². The molecule has 1 aliphatic rings. The fourth-order valence-corrected chi connectivity index (χ4v) is 2.51. The zero-order valence-corrected chi connectivity index (χ0v) is 11.3. The molecule has 1 N–H and O–H groups in total. The predicted molar refractivity (Wildman–Crippen MR) is 73.4 cm³/mol. The molecule has 1 aromatic heterocycles. The standard InChI is InChI=1S/C14H19N3O2/c1-10-7-12(9-18)8-15-14(10)17-5-3-13(4-6-17)16-11(2)19/h7-9,13H,3-6H2,1-2H3,(H,16,19). The van der Waals surface area contributed by atoms with Crippen molar-refractivity contribution in [3.63, 3.8) is 0 Å². The molecule has 2 heterocycles. The third kappa shape index (κ3) is 3.30. The molecule has 1 aromatic rings. The number of aromatic nitrogens is 1. The molecule has 0 unspecified atom stereocenters. The summed E-state index contributed by atoms with van der Waals surface area (Å²) in [5, 5.41) is 2.95. The number of amides is 1. The zero-order valence-electron chi connectivity index (χ0n) is 11.3. The first kappa shape index (κ1) is 13.5. The highest BCUT2D eigenvalue weighted by Gasteiger charge is 2.21. The van der Waals surface area contributed by atoms with Gasteiger partial charge in [0.05, 0.1) is 0 Å². The quantitative estimate of drug-likeness (QED) is 0.833. The minimum absolute atomic E-state index is 0.0306. The van der Waals surface area contributed by atoms with Crippen molar-refractivity contribution < 1.29 is 9.59 Å². The summed E-state index contributed by atoms with van der Waals surface area (Å²) in [4.78, 5) is 28.3. The average Bonchev–Trinajstić information content (AvgIpc) is 2.39. The molecule has 0 atom stereocenters. The molecule has 0 aliphatic carbocycles. The van der Waals surface area contributed by atoms with E-state index in [9.17, 15) is 9.59 Å². The van der Waals surface area contributed by atoms with Gasteiger partial charge >= 0.3 is 0 Å². The first-order chi connectivity index (χ1) is 9.10. The molecule has 1 aliphatic heterocycles. The van der Waals surface area contributed by atoms with Crippen LogP contribution in [0.3, 0.4) is 0 Å². The molecule has 0 radical (unpaired) electrons. The Hall–Kier alpha value is -1.91. The average molecular weight is 261 g/mol. The van der Waals surface area contributed by atoms with Gasteiger partial charge in [-0.2, -0.15) is 0 Å². The molecular weight excluding hydrogens is 242 g/mol. The van der Waals surface area contributed by atoms with Crippen molar-refractivity contribution in [1.29, 1.82) is 0 Å². The maximum Gasteiger partial charge on any atom is 0.217 e. The van der Waals surface area contributed by atoms with Crippen molar-refractivity contribution in [1.82, 2.24) is 10.3 Å². The number of rotatable bonds is 3. The highest BCUT2D eigenvalue weighted by Crippen LogP contribution is 2.21. The molecule has 1 amide bonds. The second kappa shape index (κ2) is 5.82. The summed E-state index contributed by atoms with van der Waals surface area (Å²) in [5.41, 5.74) is 1.62. The summed E-state index contributed by atoms with van der Waals surface area (Å²) < 4.78 is 0. The van der Waals surface area contributed by atoms with Gasteiger partial charge in [-0.3, -0.25) is 9.59 Å². The summed E-state index contributed by atoms with van der Waals surface area (Å²) >= 11 is 0. The van der Waals surface area contributed by atoms with E-state index in [0.717, 1.165) is 43.6 Å². The first-order valence-corrected chi connectivity index (χ1v) is 6.54. The highest BCUT2D eigenvalue weighted by molar-refractivity contribution is 5.75. The molecule has 5 nitrogen and oxygen atoms in total. The van der Waals surface area contributed by atoms with E-state index in [2.05, 4.69) is 15.2 Å². The van der Waals surface area contributed by atoms with Gasteiger partial charge in [-0.15, -0.1) is 0 Å². The minimum Gasteiger partial charge on any atom is -0.356 e. The maximum absolute atomic E-state index is 11.0. The summed E-state index contributed by atoms with van der Waals surface area (Å²) in [6.45, 7) is 5.27. The van der Waals surface area contributed by atoms with E-state index in [1.807, 2.05) is 13.0 Å². The molecule has 1 fully saturated rings. The monoisotopic (exact) mass is 261 g/mol. The largest absolute Gasteiger partial charge is 0.356 e. The van der Waals surface area contributed by atoms with E-state index < -0.39 is 0 Å². The number of aryl methyl sites for hydroxylation is 1. The third-order valence-corrected chi connectivity index (χ3v) is 3.41. The number of aldehydes is 1. The Balaban J connectivity index is 2.01. The molecule has 102 valence electrons. The molecule has 19 heavy (non-hydrogen) atoms. The van der Waals surface area contributed by atoms with E-state index in [4.69, 9.17) is 0 Å². The Kier molecular flexibility index (Phi) is 4.14. The Morgan fingerprint density at radius 3 is 2.68 bits per heavy atom. The number of hydrogen-bond acceptors (Lipinski definition) is 4. The van der Waals surface area contributed by atoms with Gasteiger partial charge in [0.15, 0.2) is 6.29 Å². The fraction of sp³-hybridized carbons (Fsp3) is 0.500. The van der Waals surface area contributed by atoms with Gasteiger partial charge in [-0.05, 0) is 31.4 Å². The molecule has 0 spiro atoms. The Morgan fingerprint density at radius 1 is 1.47 bits per heavy atom. The lowest BCUT2D eigenvalue weighted by Gasteiger charge is -2.33. The highest BCUT2D eigenvalue weighted by atomic mass is 16.1. The van der Waals surface area contributed by atoms with E-state index in [0.29, 0.717) is 5.56 Å². The Bertz CT molecular complexity index is 480. The molecule has 0 aromatic carbocycles. The van der Waals surface area contributed by atoms with Crippen LogP contribution in [0.5, 0.6) is 0 Å². The summed E-state index contributed by atoms with van der Waals surface area (Å²) in [7, 11) is 0. The van der Waals surface area contributed by atoms with E-state index in [-0.39, 0.29) is 11.9 Å². The molecule has 1 saturated heterocycles. The lowest BCUT2D eigenvalue weighted by molar-refractivity contribution is -0.119. The number of nitrogens with one attached hydrogen (secondary N) is 1. The van der Waals surface area contributed by atoms with E-state index >= 15 is 0 Å². The van der Waals surface area contributed by atoms with Gasteiger partial charge < -0.3 is 10.2 Å². The van der Waals surface area contributed by atoms with Gasteiger partial charge in [0.2, 0.25) is 5.91 Å². The fourth-order valence-electron chi connectivity index (χ4n) is 2.51. The lowest BCUT2D eigenvalue weighted by Crippen LogP contribution is -2.44. The van der Waals surface area contributed by atoms with Crippen LogP contribution in [0.2, 0.25) is 0 Å². The van der Waals surface area contributed by atoms with Gasteiger partial charge in [0.25, 0.3) is 0 Å². The molecule has 2 rings (SSSR count). The second-order valence-electron chi connectivity index (χ2n) is 4.99. The van der Waals surface area contributed by atoms with Crippen LogP contribution >= 0.6 is 0 Å². The Morgan fingerprint density at radius 2 is 2.16 bits per heavy atom. The van der Waals surface area contributed by atoms with Crippen molar-refractivity contribution in [2.75, 3.05) is 18.0 Å². The lowest BCUT2D eigenvalue weighted by atomic mass is 10.0. The van der Waals surface area contributed by atoms with Gasteiger partial charge in [-0.1, -0.05) is 0 Å². The van der Waals surface area contributed by atoms with Gasteiger partial charge in [-0.25, -0.2) is 4.98 Å². The molecule has 0 bridgehead atoms. The van der Waals surface area contributed by atoms with Crippen molar-refractivity contribution in [3.05, 3.63) is 23.4 Å². The third-order valence-electron chi connectivity index (χ3n) is 3.41. The predicted octanol–water partition coefficient (Wildman–Crippen LogP) is 1.31. The maximum atomic E-state index is 11.0. The van der Waals surface area contributed by atoms with Crippen molar-refractivity contribution in [2.24, 2.45) is 0 Å². The SMILES string of the molecule is CC(=O)NC1CCN(c2ncc(C=O)cc2C)CC1. The number of carbonyl (C=O) groups is 2. The van der Waals surface area contributed by atoms with E-state index in [1.54, 1.807) is 13.1 Å². The smallest absolute Gasteiger partial charge is 0.217 e. The van der Waals surface area contributed by atoms with Crippen LogP contribution in [0.4, 0.5) is 5.82 Å². The first-order valence-electron chi connectivity index (χ1n) is 6.54. The summed E-state index contributed by atoms with van der Waals surface area (Å²) in [6, 6.07) is 2.12. The molecule has 0 saturated carbocycles. The van der Waals surface area contributed by atoms with Crippen molar-refractivity contribution in [2.45, 2.75) is 32.7 Å². The van der Waals surface area contributed by atoms with Crippen molar-refractivity contribution in [3.8, 4) is 0 Å². The van der Waals surface area contributed by atoms with Crippen molar-refractivity contribution >= 4 is 18.0 Å². The molecular formula is C14H19N3O2. The second-order valence-corrected chi connectivity index (χ2v) is 4.99. The molecule has 5 heteroatoms. The van der Waals surface area contributed by atoms with Gasteiger partial charge in [0, 0.05) is 37.8 Å². The van der Waals surface area contributed by atoms with Crippen LogP contribution in [0, 0.1) is 6.92 Å². The number of pyridine rings is 1. The number of hydrogen-bond donors (Lipinski definition) is 1. The summed E-state index contributed by atoms with van der Waals surface area (Å²) in [5.74, 6) is 0.968. The number of anilines is 1. The number of carbonyl (C=O) groups excluding carboxylic acids is 2. The summed E-state index contributed by atoms with van der Waals surface area (Å²) in [6.07, 6.45) is 4.27. The van der Waals surface area contributed by atoms with Crippen LogP contribution in [0.1, 0.15) is 35.7 Å². The topological polar surface area (TPSA) is 62.3 Å². The van der Waals surface area contributed by atoms with Gasteiger partial charge in [0.1, 0.15) is 5.82 Å². The zero-order chi connectivity index (χ0) is 13.8. The number of nitrogens with zero attached hydrogens (tertiary/aromatic N) is 2. The normalized spacial score (nSPS) is 16.2. The van der Waals surface area contributed by atoms with E-state index in [1.165, 1.54) is 0 Å². The number of piperidine rings is 1. The Labute approximate surface area is 113 Å². The van der Waals surface area contributed by atoms with Crippen LogP contribution in [-0.2, 0) is 4.79 Å². The van der Waals surface area contributed by atoms with Crippen LogP contribution in [0.15, 0.2) is 12.3 Å². The minimum atomic E-state index is 0.0306.